The standard InChI is InChI=1S/C18H14N4O5S2/c1-27-16(23)10-22-14-7-6-13(29(20,25)26)8-15(14)28-18(22)21-17(24)12-4-2-11(9-19)3-5-12/h2-8H,10H2,1H3,(H2,20,25,26). The Morgan fingerprint density at radius 1 is 1.24 bits per heavy atom. The van der Waals surface area contributed by atoms with Crippen molar-refractivity contribution in [3.8, 4) is 6.07 Å². The van der Waals surface area contributed by atoms with Crippen molar-refractivity contribution in [3.05, 3.63) is 58.4 Å². The first-order valence-corrected chi connectivity index (χ1v) is 10.4. The summed E-state index contributed by atoms with van der Waals surface area (Å²) in [4.78, 5) is 28.5. The van der Waals surface area contributed by atoms with Crippen molar-refractivity contribution in [1.82, 2.24) is 4.57 Å². The minimum absolute atomic E-state index is 0.0959. The van der Waals surface area contributed by atoms with Gasteiger partial charge in [0.05, 0.1) is 33.9 Å². The van der Waals surface area contributed by atoms with Crippen molar-refractivity contribution in [2.45, 2.75) is 11.4 Å². The zero-order chi connectivity index (χ0) is 21.2. The summed E-state index contributed by atoms with van der Waals surface area (Å²) in [5.41, 5.74) is 1.16. The van der Waals surface area contributed by atoms with Crippen LogP contribution in [0.2, 0.25) is 0 Å². The van der Waals surface area contributed by atoms with Gasteiger partial charge < -0.3 is 9.30 Å². The first kappa shape index (κ1) is 20.4. The maximum Gasteiger partial charge on any atom is 0.325 e. The lowest BCUT2D eigenvalue weighted by Crippen LogP contribution is -2.22. The summed E-state index contributed by atoms with van der Waals surface area (Å²) in [5.74, 6) is -1.14. The second-order valence-corrected chi connectivity index (χ2v) is 8.40. The Labute approximate surface area is 169 Å². The van der Waals surface area contributed by atoms with E-state index in [0.717, 1.165) is 11.3 Å². The Morgan fingerprint density at radius 3 is 2.52 bits per heavy atom. The zero-order valence-electron chi connectivity index (χ0n) is 15.0. The molecule has 0 saturated heterocycles. The second-order valence-electron chi connectivity index (χ2n) is 5.83. The van der Waals surface area contributed by atoms with E-state index in [1.54, 1.807) is 0 Å². The number of hydrogen-bond acceptors (Lipinski definition) is 7. The SMILES string of the molecule is COC(=O)Cn1c(=NC(=O)c2ccc(C#N)cc2)sc2cc(S(N)(=O)=O)ccc21. The fraction of sp³-hybridized carbons (Fsp3) is 0.111. The minimum atomic E-state index is -3.92. The summed E-state index contributed by atoms with van der Waals surface area (Å²) >= 11 is 1.03. The summed E-state index contributed by atoms with van der Waals surface area (Å²) in [6, 6.07) is 12.0. The highest BCUT2D eigenvalue weighted by Gasteiger charge is 2.15. The molecule has 1 aromatic heterocycles. The number of carbonyl (C=O) groups excluding carboxylic acids is 2. The van der Waals surface area contributed by atoms with Gasteiger partial charge in [-0.05, 0) is 42.5 Å². The number of esters is 1. The van der Waals surface area contributed by atoms with Crippen molar-refractivity contribution in [3.63, 3.8) is 0 Å². The molecule has 148 valence electrons. The Bertz CT molecular complexity index is 1330. The molecular formula is C18H14N4O5S2. The number of benzene rings is 2. The molecule has 0 radical (unpaired) electrons. The van der Waals surface area contributed by atoms with E-state index < -0.39 is 21.9 Å². The van der Waals surface area contributed by atoms with Crippen LogP contribution in [0.15, 0.2) is 52.4 Å². The van der Waals surface area contributed by atoms with E-state index in [2.05, 4.69) is 4.99 Å². The van der Waals surface area contributed by atoms with E-state index in [-0.39, 0.29) is 21.8 Å². The number of carbonyl (C=O) groups is 2. The highest BCUT2D eigenvalue weighted by Crippen LogP contribution is 2.21. The van der Waals surface area contributed by atoms with Crippen LogP contribution in [0.1, 0.15) is 15.9 Å². The third-order valence-corrected chi connectivity index (χ3v) is 5.91. The predicted molar refractivity (Wildman–Crippen MR) is 104 cm³/mol. The zero-order valence-corrected chi connectivity index (χ0v) is 16.7. The van der Waals surface area contributed by atoms with E-state index in [4.69, 9.17) is 15.1 Å². The van der Waals surface area contributed by atoms with Gasteiger partial charge in [0.15, 0.2) is 4.80 Å². The van der Waals surface area contributed by atoms with E-state index >= 15 is 0 Å². The third kappa shape index (κ3) is 4.40. The molecule has 0 saturated carbocycles. The van der Waals surface area contributed by atoms with Crippen LogP contribution >= 0.6 is 11.3 Å². The largest absolute Gasteiger partial charge is 0.468 e. The molecule has 2 N–H and O–H groups in total. The fourth-order valence-electron chi connectivity index (χ4n) is 2.50. The highest BCUT2D eigenvalue weighted by molar-refractivity contribution is 7.89. The van der Waals surface area contributed by atoms with Crippen LogP contribution in [0, 0.1) is 11.3 Å². The van der Waals surface area contributed by atoms with Crippen LogP contribution in [-0.4, -0.2) is 32.0 Å². The molecule has 11 heteroatoms. The van der Waals surface area contributed by atoms with Gasteiger partial charge in [-0.1, -0.05) is 11.3 Å². The number of fused-ring (bicyclic) bond motifs is 1. The molecule has 9 nitrogen and oxygen atoms in total. The molecular weight excluding hydrogens is 416 g/mol. The normalized spacial score (nSPS) is 12.0. The number of hydrogen-bond donors (Lipinski definition) is 1. The molecule has 0 unspecified atom stereocenters. The Hall–Kier alpha value is -3.33. The van der Waals surface area contributed by atoms with Gasteiger partial charge in [-0.25, -0.2) is 13.6 Å². The molecule has 0 aliphatic carbocycles. The average molecular weight is 430 g/mol. The van der Waals surface area contributed by atoms with Crippen LogP contribution in [-0.2, 0) is 26.1 Å². The van der Waals surface area contributed by atoms with Crippen LogP contribution in [0.3, 0.4) is 0 Å². The number of primary sulfonamides is 1. The number of aromatic nitrogens is 1. The molecule has 0 spiro atoms. The van der Waals surface area contributed by atoms with Gasteiger partial charge >= 0.3 is 5.97 Å². The summed E-state index contributed by atoms with van der Waals surface area (Å²) in [7, 11) is -2.68. The van der Waals surface area contributed by atoms with Crippen molar-refractivity contribution >= 4 is 43.5 Å². The maximum absolute atomic E-state index is 12.5. The Kier molecular flexibility index (Phi) is 5.60. The molecule has 0 atom stereocenters. The van der Waals surface area contributed by atoms with Crippen LogP contribution in [0.4, 0.5) is 0 Å². The predicted octanol–water partition coefficient (Wildman–Crippen LogP) is 1.14. The summed E-state index contributed by atoms with van der Waals surface area (Å²) in [5, 5.41) is 14.0. The maximum atomic E-state index is 12.5. The fourth-order valence-corrected chi connectivity index (χ4v) is 4.18. The average Bonchev–Trinajstić information content (AvgIpc) is 3.03. The van der Waals surface area contributed by atoms with Gasteiger partial charge in [-0.15, -0.1) is 0 Å². The minimum Gasteiger partial charge on any atom is -0.468 e. The van der Waals surface area contributed by atoms with Crippen LogP contribution < -0.4 is 9.94 Å². The number of nitrogens with two attached hydrogens (primary N) is 1. The first-order chi connectivity index (χ1) is 13.7. The molecule has 0 bridgehead atoms. The third-order valence-electron chi connectivity index (χ3n) is 3.96. The molecule has 1 amide bonds. The van der Waals surface area contributed by atoms with Gasteiger partial charge in [0, 0.05) is 5.56 Å². The monoisotopic (exact) mass is 430 g/mol. The number of nitriles is 1. The van der Waals surface area contributed by atoms with Crippen molar-refractivity contribution in [2.75, 3.05) is 7.11 Å². The lowest BCUT2D eigenvalue weighted by atomic mass is 10.1. The Balaban J connectivity index is 2.16. The van der Waals surface area contributed by atoms with E-state index in [1.165, 1.54) is 54.1 Å². The number of amides is 1. The molecule has 0 aliphatic heterocycles. The summed E-state index contributed by atoms with van der Waals surface area (Å²) in [6.07, 6.45) is 0. The number of sulfonamides is 1. The van der Waals surface area contributed by atoms with E-state index in [9.17, 15) is 18.0 Å². The van der Waals surface area contributed by atoms with Gasteiger partial charge in [-0.3, -0.25) is 9.59 Å². The second kappa shape index (κ2) is 7.96. The first-order valence-electron chi connectivity index (χ1n) is 8.05. The Morgan fingerprint density at radius 2 is 1.93 bits per heavy atom. The molecule has 0 aliphatic rings. The number of rotatable bonds is 4. The summed E-state index contributed by atoms with van der Waals surface area (Å²) in [6.45, 7) is -0.218. The molecule has 2 aromatic carbocycles. The van der Waals surface area contributed by atoms with Gasteiger partial charge in [0.1, 0.15) is 6.54 Å². The number of ether oxygens (including phenoxy) is 1. The molecule has 3 rings (SSSR count). The molecule has 1 heterocycles. The number of methoxy groups -OCH3 is 1. The highest BCUT2D eigenvalue weighted by atomic mass is 32.2. The number of thiazole rings is 1. The van der Waals surface area contributed by atoms with Crippen molar-refractivity contribution < 1.29 is 22.7 Å². The summed E-state index contributed by atoms with van der Waals surface area (Å²) < 4.78 is 29.8. The van der Waals surface area contributed by atoms with Crippen LogP contribution in [0.5, 0.6) is 0 Å². The van der Waals surface area contributed by atoms with E-state index in [0.29, 0.717) is 15.8 Å². The van der Waals surface area contributed by atoms with Crippen molar-refractivity contribution in [1.29, 1.82) is 5.26 Å². The quantitative estimate of drug-likeness (QED) is 0.614. The van der Waals surface area contributed by atoms with Crippen LogP contribution in [0.25, 0.3) is 10.2 Å². The lowest BCUT2D eigenvalue weighted by Gasteiger charge is -2.04. The lowest BCUT2D eigenvalue weighted by molar-refractivity contribution is -0.141. The topological polar surface area (TPSA) is 145 Å². The molecule has 3 aromatic rings. The molecule has 0 fully saturated rings. The van der Waals surface area contributed by atoms with Crippen molar-refractivity contribution in [2.24, 2.45) is 10.1 Å². The van der Waals surface area contributed by atoms with Gasteiger partial charge in [0.2, 0.25) is 10.0 Å². The smallest absolute Gasteiger partial charge is 0.325 e. The van der Waals surface area contributed by atoms with Gasteiger partial charge in [0.25, 0.3) is 5.91 Å². The number of nitrogens with zero attached hydrogens (tertiary/aromatic N) is 3. The van der Waals surface area contributed by atoms with Gasteiger partial charge in [-0.2, -0.15) is 10.3 Å². The molecule has 29 heavy (non-hydrogen) atoms. The van der Waals surface area contributed by atoms with E-state index in [1.807, 2.05) is 6.07 Å².